The van der Waals surface area contributed by atoms with Crippen LogP contribution < -0.4 is 11.1 Å². The van der Waals surface area contributed by atoms with E-state index in [2.05, 4.69) is 10.4 Å². The maximum atomic E-state index is 5.64. The number of nitrogens with one attached hydrogen (secondary N) is 1. The molecule has 0 aromatic carbocycles. The second-order valence-corrected chi connectivity index (χ2v) is 3.34. The third kappa shape index (κ3) is 1.58. The van der Waals surface area contributed by atoms with Crippen molar-refractivity contribution in [2.24, 2.45) is 7.05 Å². The van der Waals surface area contributed by atoms with E-state index in [0.717, 1.165) is 24.1 Å². The van der Waals surface area contributed by atoms with Crippen LogP contribution in [0.5, 0.6) is 0 Å². The second-order valence-electron chi connectivity index (χ2n) is 3.34. The maximum absolute atomic E-state index is 5.64. The SMILES string of the molecule is Cn1nc(CNC2CC2)cc1N. The molecule has 1 aromatic rings. The number of aryl methyl sites for hydroxylation is 1. The fraction of sp³-hybridized carbons (Fsp3) is 0.625. The van der Waals surface area contributed by atoms with Crippen LogP contribution in [0.1, 0.15) is 18.5 Å². The highest BCUT2D eigenvalue weighted by Crippen LogP contribution is 2.19. The minimum absolute atomic E-state index is 0.725. The van der Waals surface area contributed by atoms with Crippen molar-refractivity contribution in [2.75, 3.05) is 5.73 Å². The van der Waals surface area contributed by atoms with Crippen molar-refractivity contribution in [1.82, 2.24) is 15.1 Å². The Labute approximate surface area is 71.7 Å². The molecule has 0 aliphatic heterocycles. The predicted molar refractivity (Wildman–Crippen MR) is 47.5 cm³/mol. The molecule has 1 aromatic heterocycles. The molecule has 1 fully saturated rings. The quantitative estimate of drug-likeness (QED) is 0.677. The molecule has 0 amide bonds. The van der Waals surface area contributed by atoms with Gasteiger partial charge in [-0.05, 0) is 12.8 Å². The van der Waals surface area contributed by atoms with Crippen molar-refractivity contribution < 1.29 is 0 Å². The van der Waals surface area contributed by atoms with E-state index in [1.165, 1.54) is 12.8 Å². The molecule has 1 heterocycles. The van der Waals surface area contributed by atoms with E-state index >= 15 is 0 Å². The number of nitrogen functional groups attached to an aromatic ring is 1. The van der Waals surface area contributed by atoms with Crippen molar-refractivity contribution in [3.05, 3.63) is 11.8 Å². The Morgan fingerprint density at radius 3 is 3.00 bits per heavy atom. The Bertz CT molecular complexity index is 255. The summed E-state index contributed by atoms with van der Waals surface area (Å²) >= 11 is 0. The van der Waals surface area contributed by atoms with E-state index in [-0.39, 0.29) is 0 Å². The largest absolute Gasteiger partial charge is 0.384 e. The average Bonchev–Trinajstić information content (AvgIpc) is 2.78. The van der Waals surface area contributed by atoms with Crippen molar-refractivity contribution in [3.8, 4) is 0 Å². The van der Waals surface area contributed by atoms with Gasteiger partial charge in [-0.1, -0.05) is 0 Å². The van der Waals surface area contributed by atoms with Crippen LogP contribution in [0.15, 0.2) is 6.07 Å². The summed E-state index contributed by atoms with van der Waals surface area (Å²) < 4.78 is 1.70. The summed E-state index contributed by atoms with van der Waals surface area (Å²) in [5, 5.41) is 7.62. The topological polar surface area (TPSA) is 55.9 Å². The smallest absolute Gasteiger partial charge is 0.121 e. The lowest BCUT2D eigenvalue weighted by molar-refractivity contribution is 0.654. The molecule has 0 unspecified atom stereocenters. The van der Waals surface area contributed by atoms with E-state index in [1.54, 1.807) is 4.68 Å². The molecule has 12 heavy (non-hydrogen) atoms. The fourth-order valence-corrected chi connectivity index (χ4v) is 1.17. The van der Waals surface area contributed by atoms with Crippen LogP contribution in [0.3, 0.4) is 0 Å². The van der Waals surface area contributed by atoms with Gasteiger partial charge in [0.25, 0.3) is 0 Å². The molecule has 0 saturated heterocycles. The Hall–Kier alpha value is -1.03. The number of nitrogens with two attached hydrogens (primary N) is 1. The molecule has 0 bridgehead atoms. The summed E-state index contributed by atoms with van der Waals surface area (Å²) in [6.07, 6.45) is 2.62. The Kier molecular flexibility index (Phi) is 1.77. The summed E-state index contributed by atoms with van der Waals surface area (Å²) in [4.78, 5) is 0. The molecular weight excluding hydrogens is 152 g/mol. The number of nitrogens with zero attached hydrogens (tertiary/aromatic N) is 2. The zero-order valence-electron chi connectivity index (χ0n) is 7.25. The van der Waals surface area contributed by atoms with Gasteiger partial charge in [-0.15, -0.1) is 0 Å². The molecule has 1 aliphatic carbocycles. The highest BCUT2D eigenvalue weighted by Gasteiger charge is 2.20. The number of hydrogen-bond acceptors (Lipinski definition) is 3. The average molecular weight is 166 g/mol. The van der Waals surface area contributed by atoms with Gasteiger partial charge in [0.15, 0.2) is 0 Å². The van der Waals surface area contributed by atoms with Gasteiger partial charge in [0.1, 0.15) is 5.82 Å². The molecule has 4 nitrogen and oxygen atoms in total. The molecule has 66 valence electrons. The zero-order valence-corrected chi connectivity index (χ0v) is 7.25. The summed E-state index contributed by atoms with van der Waals surface area (Å²) in [6, 6.07) is 2.64. The molecular formula is C8H14N4. The summed E-state index contributed by atoms with van der Waals surface area (Å²) in [5.41, 5.74) is 6.66. The minimum atomic E-state index is 0.725. The molecule has 0 radical (unpaired) electrons. The molecule has 1 saturated carbocycles. The van der Waals surface area contributed by atoms with Gasteiger partial charge in [0.2, 0.25) is 0 Å². The predicted octanol–water partition coefficient (Wildman–Crippen LogP) is 0.254. The highest BCUT2D eigenvalue weighted by atomic mass is 15.3. The Morgan fingerprint density at radius 2 is 2.50 bits per heavy atom. The van der Waals surface area contributed by atoms with Crippen molar-refractivity contribution in [1.29, 1.82) is 0 Å². The van der Waals surface area contributed by atoms with E-state index in [0.29, 0.717) is 0 Å². The first-order valence-electron chi connectivity index (χ1n) is 4.27. The lowest BCUT2D eigenvalue weighted by atomic mass is 10.4. The van der Waals surface area contributed by atoms with Crippen LogP contribution in [-0.2, 0) is 13.6 Å². The van der Waals surface area contributed by atoms with Crippen LogP contribution >= 0.6 is 0 Å². The van der Waals surface area contributed by atoms with Crippen LogP contribution in [0, 0.1) is 0 Å². The minimum Gasteiger partial charge on any atom is -0.384 e. The van der Waals surface area contributed by atoms with Gasteiger partial charge in [0.05, 0.1) is 5.69 Å². The third-order valence-electron chi connectivity index (χ3n) is 2.12. The van der Waals surface area contributed by atoms with E-state index in [1.807, 2.05) is 13.1 Å². The zero-order chi connectivity index (χ0) is 8.55. The standard InChI is InChI=1S/C8H14N4/c1-12-8(9)4-7(11-12)5-10-6-2-3-6/h4,6,10H,2-3,5,9H2,1H3. The summed E-state index contributed by atoms with van der Waals surface area (Å²) in [5.74, 6) is 0.725. The summed E-state index contributed by atoms with van der Waals surface area (Å²) in [7, 11) is 1.86. The van der Waals surface area contributed by atoms with Gasteiger partial charge in [-0.3, -0.25) is 4.68 Å². The maximum Gasteiger partial charge on any atom is 0.121 e. The van der Waals surface area contributed by atoms with Crippen molar-refractivity contribution in [3.63, 3.8) is 0 Å². The van der Waals surface area contributed by atoms with Crippen LogP contribution in [-0.4, -0.2) is 15.8 Å². The molecule has 4 heteroatoms. The van der Waals surface area contributed by atoms with Gasteiger partial charge in [-0.25, -0.2) is 0 Å². The van der Waals surface area contributed by atoms with Gasteiger partial charge in [-0.2, -0.15) is 5.10 Å². The van der Waals surface area contributed by atoms with Gasteiger partial charge < -0.3 is 11.1 Å². The monoisotopic (exact) mass is 166 g/mol. The van der Waals surface area contributed by atoms with Gasteiger partial charge in [0, 0.05) is 25.7 Å². The van der Waals surface area contributed by atoms with E-state index in [9.17, 15) is 0 Å². The molecule has 1 aliphatic rings. The van der Waals surface area contributed by atoms with Crippen molar-refractivity contribution in [2.45, 2.75) is 25.4 Å². The molecule has 2 rings (SSSR count). The normalized spacial score (nSPS) is 16.8. The lowest BCUT2D eigenvalue weighted by Gasteiger charge is -1.96. The number of aromatic nitrogens is 2. The van der Waals surface area contributed by atoms with Crippen LogP contribution in [0.2, 0.25) is 0 Å². The van der Waals surface area contributed by atoms with Crippen LogP contribution in [0.4, 0.5) is 5.82 Å². The molecule has 3 N–H and O–H groups in total. The first-order chi connectivity index (χ1) is 5.75. The summed E-state index contributed by atoms with van der Waals surface area (Å²) in [6.45, 7) is 0.843. The van der Waals surface area contributed by atoms with Crippen molar-refractivity contribution >= 4 is 5.82 Å². The highest BCUT2D eigenvalue weighted by molar-refractivity contribution is 5.30. The molecule has 0 atom stereocenters. The lowest BCUT2D eigenvalue weighted by Crippen LogP contribution is -2.15. The Balaban J connectivity index is 1.93. The third-order valence-corrected chi connectivity index (χ3v) is 2.12. The number of hydrogen-bond donors (Lipinski definition) is 2. The van der Waals surface area contributed by atoms with E-state index in [4.69, 9.17) is 5.73 Å². The number of rotatable bonds is 3. The first kappa shape index (κ1) is 7.61. The first-order valence-corrected chi connectivity index (χ1v) is 4.27. The number of anilines is 1. The fourth-order valence-electron chi connectivity index (χ4n) is 1.17. The van der Waals surface area contributed by atoms with Gasteiger partial charge >= 0.3 is 0 Å². The van der Waals surface area contributed by atoms with E-state index < -0.39 is 0 Å². The Morgan fingerprint density at radius 1 is 1.75 bits per heavy atom. The molecule has 0 spiro atoms. The van der Waals surface area contributed by atoms with Crippen LogP contribution in [0.25, 0.3) is 0 Å². The second kappa shape index (κ2) is 2.79.